The lowest BCUT2D eigenvalue weighted by atomic mass is 10.0. The molecule has 3 fully saturated rings. The maximum Gasteiger partial charge on any atom is 0.410 e. The van der Waals surface area contributed by atoms with Crippen molar-refractivity contribution in [1.29, 1.82) is 0 Å². The Morgan fingerprint density at radius 1 is 1.19 bits per heavy atom. The standard InChI is InChI=1S/C26H33N5O5/c1-6-35-23(33)18-13-21(28-15-27-18)26(7-8-26)29(5)22(32)17-11-16-12-19(16)31-10-9-30(14-20(17)31)24(34)36-25(2,3)4/h11,13,15,19H,6-10,12,14H2,1-5H3. The summed E-state index contributed by atoms with van der Waals surface area (Å²) in [4.78, 5) is 53.1. The van der Waals surface area contributed by atoms with Crippen LogP contribution >= 0.6 is 0 Å². The van der Waals surface area contributed by atoms with E-state index in [-0.39, 0.29) is 24.3 Å². The monoisotopic (exact) mass is 495 g/mol. The molecule has 0 N–H and O–H groups in total. The van der Waals surface area contributed by atoms with Gasteiger partial charge in [0.05, 0.1) is 36.0 Å². The molecule has 1 aromatic heterocycles. The van der Waals surface area contributed by atoms with E-state index < -0.39 is 17.1 Å². The van der Waals surface area contributed by atoms with Crippen LogP contribution in [-0.4, -0.2) is 87.6 Å². The first kappa shape index (κ1) is 24.3. The third kappa shape index (κ3) is 4.33. The zero-order chi connectivity index (χ0) is 25.8. The topological polar surface area (TPSA) is 105 Å². The lowest BCUT2D eigenvalue weighted by Gasteiger charge is -2.41. The average molecular weight is 496 g/mol. The number of amides is 2. The summed E-state index contributed by atoms with van der Waals surface area (Å²) in [5.74, 6) is -0.625. The number of fused-ring (bicyclic) bond motifs is 3. The molecule has 1 aromatic rings. The molecule has 1 saturated heterocycles. The molecule has 2 amide bonds. The zero-order valence-corrected chi connectivity index (χ0v) is 21.5. The fourth-order valence-corrected chi connectivity index (χ4v) is 5.05. The third-order valence-corrected chi connectivity index (χ3v) is 7.19. The molecule has 3 heterocycles. The molecule has 1 unspecified atom stereocenters. The normalized spacial score (nSPS) is 21.7. The average Bonchev–Trinajstić information content (AvgIpc) is 3.76. The van der Waals surface area contributed by atoms with E-state index in [4.69, 9.17) is 9.47 Å². The molecular weight excluding hydrogens is 462 g/mol. The van der Waals surface area contributed by atoms with Crippen LogP contribution in [0.2, 0.25) is 0 Å². The van der Waals surface area contributed by atoms with Gasteiger partial charge in [-0.1, -0.05) is 0 Å². The van der Waals surface area contributed by atoms with Gasteiger partial charge in [-0.3, -0.25) is 4.79 Å². The lowest BCUT2D eigenvalue weighted by Crippen LogP contribution is -2.51. The second-order valence-corrected chi connectivity index (χ2v) is 10.8. The minimum Gasteiger partial charge on any atom is -0.461 e. The summed E-state index contributed by atoms with van der Waals surface area (Å²) in [6, 6.07) is 1.95. The molecule has 2 saturated carbocycles. The lowest BCUT2D eigenvalue weighted by molar-refractivity contribution is -0.128. The largest absolute Gasteiger partial charge is 0.461 e. The van der Waals surface area contributed by atoms with Gasteiger partial charge in [0.25, 0.3) is 5.91 Å². The minimum absolute atomic E-state index is 0.118. The van der Waals surface area contributed by atoms with Gasteiger partial charge in [-0.15, -0.1) is 0 Å². The van der Waals surface area contributed by atoms with Crippen LogP contribution < -0.4 is 0 Å². The summed E-state index contributed by atoms with van der Waals surface area (Å²) in [5, 5.41) is 0. The highest BCUT2D eigenvalue weighted by Crippen LogP contribution is 2.51. The molecule has 10 heteroatoms. The molecule has 2 aliphatic heterocycles. The van der Waals surface area contributed by atoms with E-state index in [0.717, 1.165) is 25.0 Å². The summed E-state index contributed by atoms with van der Waals surface area (Å²) >= 11 is 0. The van der Waals surface area contributed by atoms with Crippen molar-refractivity contribution in [2.24, 2.45) is 0 Å². The summed E-state index contributed by atoms with van der Waals surface area (Å²) < 4.78 is 10.7. The van der Waals surface area contributed by atoms with E-state index in [9.17, 15) is 14.4 Å². The van der Waals surface area contributed by atoms with Gasteiger partial charge in [0.2, 0.25) is 0 Å². The van der Waals surface area contributed by atoms with Crippen LogP contribution in [0, 0.1) is 0 Å². The highest BCUT2D eigenvalue weighted by Gasteiger charge is 2.53. The first-order chi connectivity index (χ1) is 17.0. The second kappa shape index (κ2) is 8.60. The fraction of sp³-hybridized carbons (Fsp3) is 0.577. The predicted molar refractivity (Wildman–Crippen MR) is 130 cm³/mol. The van der Waals surface area contributed by atoms with E-state index in [2.05, 4.69) is 14.9 Å². The number of rotatable bonds is 5. The summed E-state index contributed by atoms with van der Waals surface area (Å²) in [6.07, 6.45) is 5.39. The van der Waals surface area contributed by atoms with Gasteiger partial charge < -0.3 is 24.2 Å². The highest BCUT2D eigenvalue weighted by molar-refractivity contribution is 5.98. The van der Waals surface area contributed by atoms with Gasteiger partial charge >= 0.3 is 12.1 Å². The first-order valence-electron chi connectivity index (χ1n) is 12.5. The van der Waals surface area contributed by atoms with Crippen molar-refractivity contribution < 1.29 is 23.9 Å². The van der Waals surface area contributed by atoms with Crippen LogP contribution in [0.1, 0.15) is 63.1 Å². The smallest absolute Gasteiger partial charge is 0.410 e. The van der Waals surface area contributed by atoms with E-state index in [1.54, 1.807) is 29.8 Å². The number of piperazine rings is 1. The maximum atomic E-state index is 13.9. The zero-order valence-electron chi connectivity index (χ0n) is 21.5. The molecule has 0 bridgehead atoms. The second-order valence-electron chi connectivity index (χ2n) is 10.8. The quantitative estimate of drug-likeness (QED) is 0.574. The molecule has 4 aliphatic rings. The van der Waals surface area contributed by atoms with Gasteiger partial charge in [-0.05, 0) is 64.7 Å². The van der Waals surface area contributed by atoms with Crippen LogP contribution in [0.3, 0.4) is 0 Å². The van der Waals surface area contributed by atoms with Crippen molar-refractivity contribution in [3.8, 4) is 0 Å². The highest BCUT2D eigenvalue weighted by atomic mass is 16.6. The van der Waals surface area contributed by atoms with Gasteiger partial charge in [0.1, 0.15) is 11.9 Å². The Kier molecular flexibility index (Phi) is 5.80. The number of esters is 1. The molecular formula is C26H33N5O5. The fourth-order valence-electron chi connectivity index (χ4n) is 5.05. The van der Waals surface area contributed by atoms with E-state index >= 15 is 0 Å². The van der Waals surface area contributed by atoms with Crippen LogP contribution in [0.25, 0.3) is 0 Å². The Morgan fingerprint density at radius 2 is 1.94 bits per heavy atom. The summed E-state index contributed by atoms with van der Waals surface area (Å²) in [5.41, 5.74) is 2.35. The van der Waals surface area contributed by atoms with Gasteiger partial charge in [0.15, 0.2) is 5.69 Å². The first-order valence-corrected chi connectivity index (χ1v) is 12.5. The van der Waals surface area contributed by atoms with Crippen molar-refractivity contribution in [3.05, 3.63) is 46.7 Å². The molecule has 36 heavy (non-hydrogen) atoms. The number of carbonyl (C=O) groups is 3. The number of hydrogen-bond donors (Lipinski definition) is 0. The number of nitrogens with zero attached hydrogens (tertiary/aromatic N) is 5. The van der Waals surface area contributed by atoms with Crippen molar-refractivity contribution in [3.63, 3.8) is 0 Å². The molecule has 1 atom stereocenters. The van der Waals surface area contributed by atoms with Crippen LogP contribution in [0.5, 0.6) is 0 Å². The number of aromatic nitrogens is 2. The van der Waals surface area contributed by atoms with Crippen molar-refractivity contribution >= 4 is 18.0 Å². The van der Waals surface area contributed by atoms with E-state index in [1.807, 2.05) is 26.8 Å². The predicted octanol–water partition coefficient (Wildman–Crippen LogP) is 2.62. The molecule has 0 aromatic carbocycles. The van der Waals surface area contributed by atoms with Crippen molar-refractivity contribution in [2.75, 3.05) is 33.3 Å². The van der Waals surface area contributed by atoms with Gasteiger partial charge in [-0.2, -0.15) is 0 Å². The van der Waals surface area contributed by atoms with Crippen LogP contribution in [0.4, 0.5) is 4.79 Å². The van der Waals surface area contributed by atoms with Gasteiger partial charge in [-0.25, -0.2) is 19.6 Å². The van der Waals surface area contributed by atoms with E-state index in [1.165, 1.54) is 11.9 Å². The minimum atomic E-state index is -0.599. The number of carbonyl (C=O) groups excluding carboxylic acids is 3. The van der Waals surface area contributed by atoms with E-state index in [0.29, 0.717) is 36.9 Å². The summed E-state index contributed by atoms with van der Waals surface area (Å²) in [7, 11) is 1.78. The maximum absolute atomic E-state index is 13.9. The summed E-state index contributed by atoms with van der Waals surface area (Å²) in [6.45, 7) is 9.09. The van der Waals surface area contributed by atoms with Crippen molar-refractivity contribution in [1.82, 2.24) is 24.7 Å². The Balaban J connectivity index is 1.41. The van der Waals surface area contributed by atoms with Crippen LogP contribution in [0.15, 0.2) is 35.3 Å². The molecule has 5 rings (SSSR count). The Labute approximate surface area is 210 Å². The molecule has 10 nitrogen and oxygen atoms in total. The third-order valence-electron chi connectivity index (χ3n) is 7.19. The van der Waals surface area contributed by atoms with Gasteiger partial charge in [0, 0.05) is 25.8 Å². The Morgan fingerprint density at radius 3 is 2.61 bits per heavy atom. The molecule has 0 radical (unpaired) electrons. The molecule has 192 valence electrons. The van der Waals surface area contributed by atoms with Crippen molar-refractivity contribution in [2.45, 2.75) is 64.1 Å². The number of likely N-dealkylation sites (N-methyl/N-ethyl adjacent to an activating group) is 1. The number of hydrogen-bond acceptors (Lipinski definition) is 8. The number of ether oxygens (including phenoxy) is 2. The molecule has 2 aliphatic carbocycles. The molecule has 0 spiro atoms. The Bertz CT molecular complexity index is 1180. The SMILES string of the molecule is CCOC(=O)c1cc(C2(N(C)C(=O)C3=C4CN(C(=O)OC(C)(C)C)CCN4C4CC4=C3)CC2)ncn1. The Hall–Kier alpha value is -3.43. The van der Waals surface area contributed by atoms with Crippen LogP contribution in [-0.2, 0) is 19.8 Å².